The summed E-state index contributed by atoms with van der Waals surface area (Å²) in [6.45, 7) is 0.988. The first-order valence-corrected chi connectivity index (χ1v) is 7.75. The molecule has 2 aromatic carbocycles. The fraction of sp³-hybridized carbons (Fsp3) is 0.125. The number of fused-ring (bicyclic) bond motifs is 1. The van der Waals surface area contributed by atoms with E-state index in [1.54, 1.807) is 36.4 Å². The van der Waals surface area contributed by atoms with Crippen molar-refractivity contribution in [1.29, 1.82) is 0 Å². The van der Waals surface area contributed by atoms with Crippen LogP contribution in [0.25, 0.3) is 22.3 Å². The molecule has 118 valence electrons. The minimum absolute atomic E-state index is 0.0988. The monoisotopic (exact) mass is 348 g/mol. The second-order valence-corrected chi connectivity index (χ2v) is 5.76. The number of phenols is 1. The van der Waals surface area contributed by atoms with Crippen molar-refractivity contribution in [3.8, 4) is 17.1 Å². The van der Waals surface area contributed by atoms with Crippen LogP contribution in [-0.4, -0.2) is 28.2 Å². The molecule has 0 aliphatic carbocycles. The Labute approximate surface area is 143 Å². The summed E-state index contributed by atoms with van der Waals surface area (Å²) in [5, 5.41) is 14.8. The number of rotatable bonds is 4. The van der Waals surface area contributed by atoms with Crippen molar-refractivity contribution in [1.82, 2.24) is 9.97 Å². The van der Waals surface area contributed by atoms with Gasteiger partial charge in [-0.3, -0.25) is 0 Å². The van der Waals surface area contributed by atoms with E-state index in [1.807, 2.05) is 0 Å². The maximum absolute atomic E-state index is 10.0. The third kappa shape index (κ3) is 3.17. The summed E-state index contributed by atoms with van der Waals surface area (Å²) in [6, 6.07) is 10.2. The summed E-state index contributed by atoms with van der Waals surface area (Å²) < 4.78 is 0. The lowest BCUT2D eigenvalue weighted by atomic mass is 10.1. The van der Waals surface area contributed by atoms with E-state index in [0.29, 0.717) is 51.2 Å². The van der Waals surface area contributed by atoms with Crippen molar-refractivity contribution in [2.45, 2.75) is 0 Å². The molecule has 0 aliphatic rings. The highest BCUT2D eigenvalue weighted by Crippen LogP contribution is 2.34. The third-order valence-electron chi connectivity index (χ3n) is 3.30. The van der Waals surface area contributed by atoms with Gasteiger partial charge in [0.05, 0.1) is 16.1 Å². The zero-order valence-electron chi connectivity index (χ0n) is 12.1. The average Bonchev–Trinajstić information content (AvgIpc) is 2.53. The number of nitrogens with one attached hydrogen (secondary N) is 1. The second kappa shape index (κ2) is 6.58. The number of para-hydroxylation sites is 1. The van der Waals surface area contributed by atoms with Crippen LogP contribution in [0.15, 0.2) is 36.4 Å². The number of aromatic nitrogens is 2. The van der Waals surface area contributed by atoms with Crippen molar-refractivity contribution < 1.29 is 5.11 Å². The number of hydrogen-bond donors (Lipinski definition) is 3. The maximum Gasteiger partial charge on any atom is 0.165 e. The lowest BCUT2D eigenvalue weighted by Crippen LogP contribution is -2.14. The number of benzene rings is 2. The molecule has 0 radical (unpaired) electrons. The Balaban J connectivity index is 2.26. The molecule has 0 spiro atoms. The number of anilines is 1. The van der Waals surface area contributed by atoms with Crippen LogP contribution in [0.2, 0.25) is 10.0 Å². The van der Waals surface area contributed by atoms with Gasteiger partial charge < -0.3 is 16.2 Å². The molecule has 7 heteroatoms. The molecule has 4 N–H and O–H groups in total. The lowest BCUT2D eigenvalue weighted by molar-refractivity contribution is 0.477. The summed E-state index contributed by atoms with van der Waals surface area (Å²) in [5.41, 5.74) is 6.64. The van der Waals surface area contributed by atoms with E-state index in [9.17, 15) is 5.11 Å². The van der Waals surface area contributed by atoms with Gasteiger partial charge in [-0.2, -0.15) is 0 Å². The fourth-order valence-corrected chi connectivity index (χ4v) is 2.80. The number of hydrogen-bond acceptors (Lipinski definition) is 5. The topological polar surface area (TPSA) is 84.1 Å². The van der Waals surface area contributed by atoms with Crippen LogP contribution in [-0.2, 0) is 0 Å². The van der Waals surface area contributed by atoms with Gasteiger partial charge >= 0.3 is 0 Å². The van der Waals surface area contributed by atoms with Crippen LogP contribution >= 0.6 is 23.2 Å². The normalized spacial score (nSPS) is 10.9. The molecule has 0 amide bonds. The van der Waals surface area contributed by atoms with Crippen molar-refractivity contribution in [3.63, 3.8) is 0 Å². The van der Waals surface area contributed by atoms with E-state index >= 15 is 0 Å². The van der Waals surface area contributed by atoms with Crippen molar-refractivity contribution in [2.75, 3.05) is 18.4 Å². The van der Waals surface area contributed by atoms with Gasteiger partial charge in [0, 0.05) is 23.5 Å². The summed E-state index contributed by atoms with van der Waals surface area (Å²) in [6.07, 6.45) is 0. The van der Waals surface area contributed by atoms with Gasteiger partial charge in [0.2, 0.25) is 0 Å². The molecule has 23 heavy (non-hydrogen) atoms. The van der Waals surface area contributed by atoms with Crippen LogP contribution < -0.4 is 11.1 Å². The van der Waals surface area contributed by atoms with E-state index < -0.39 is 0 Å². The van der Waals surface area contributed by atoms with Crippen LogP contribution in [0.5, 0.6) is 5.75 Å². The predicted octanol–water partition coefficient (Wildman–Crippen LogP) is 3.68. The molecule has 1 heterocycles. The van der Waals surface area contributed by atoms with E-state index in [1.165, 1.54) is 0 Å². The Kier molecular flexibility index (Phi) is 4.52. The molecule has 1 aromatic heterocycles. The Morgan fingerprint density at radius 1 is 1.13 bits per heavy atom. The molecule has 0 saturated carbocycles. The predicted molar refractivity (Wildman–Crippen MR) is 94.2 cm³/mol. The third-order valence-corrected chi connectivity index (χ3v) is 3.81. The Bertz CT molecular complexity index is 870. The van der Waals surface area contributed by atoms with Gasteiger partial charge in [-0.1, -0.05) is 35.3 Å². The van der Waals surface area contributed by atoms with Crippen molar-refractivity contribution in [2.24, 2.45) is 5.73 Å². The van der Waals surface area contributed by atoms with Crippen molar-refractivity contribution >= 4 is 39.9 Å². The Morgan fingerprint density at radius 2 is 1.91 bits per heavy atom. The average molecular weight is 349 g/mol. The van der Waals surface area contributed by atoms with Crippen LogP contribution in [0.3, 0.4) is 0 Å². The van der Waals surface area contributed by atoms with Gasteiger partial charge in [-0.25, -0.2) is 9.97 Å². The highest BCUT2D eigenvalue weighted by Gasteiger charge is 2.14. The molecule has 3 aromatic rings. The molecular formula is C16H14Cl2N4O. The lowest BCUT2D eigenvalue weighted by Gasteiger charge is -2.12. The number of aromatic hydroxyl groups is 1. The number of halogens is 2. The standard InChI is InChI=1S/C16H14Cl2N4O/c17-9-7-11-14(12(18)8-9)21-16(22-15(11)20-6-5-19)10-3-1-2-4-13(10)23/h1-4,7-8,23H,5-6,19H2,(H,20,21,22). The molecule has 0 atom stereocenters. The highest BCUT2D eigenvalue weighted by molar-refractivity contribution is 6.38. The minimum atomic E-state index is 0.0988. The summed E-state index contributed by atoms with van der Waals surface area (Å²) in [4.78, 5) is 8.98. The fourth-order valence-electron chi connectivity index (χ4n) is 2.27. The van der Waals surface area contributed by atoms with Gasteiger partial charge in [-0.15, -0.1) is 0 Å². The van der Waals surface area contributed by atoms with Gasteiger partial charge in [0.25, 0.3) is 0 Å². The van der Waals surface area contributed by atoms with Gasteiger partial charge in [0.15, 0.2) is 5.82 Å². The minimum Gasteiger partial charge on any atom is -0.507 e. The summed E-state index contributed by atoms with van der Waals surface area (Å²) >= 11 is 12.4. The zero-order chi connectivity index (χ0) is 16.4. The summed E-state index contributed by atoms with van der Waals surface area (Å²) in [7, 11) is 0. The van der Waals surface area contributed by atoms with Crippen LogP contribution in [0.4, 0.5) is 5.82 Å². The molecule has 0 saturated heterocycles. The smallest absolute Gasteiger partial charge is 0.165 e. The highest BCUT2D eigenvalue weighted by atomic mass is 35.5. The SMILES string of the molecule is NCCNc1nc(-c2ccccc2O)nc2c(Cl)cc(Cl)cc12. The summed E-state index contributed by atoms with van der Waals surface area (Å²) in [5.74, 6) is 1.05. The first-order chi connectivity index (χ1) is 11.1. The quantitative estimate of drug-likeness (QED) is 0.669. The molecule has 0 fully saturated rings. The van der Waals surface area contributed by atoms with Crippen LogP contribution in [0.1, 0.15) is 0 Å². The number of phenolic OH excluding ortho intramolecular Hbond substituents is 1. The van der Waals surface area contributed by atoms with Crippen LogP contribution in [0, 0.1) is 0 Å². The van der Waals surface area contributed by atoms with E-state index in [4.69, 9.17) is 28.9 Å². The molecule has 0 unspecified atom stereocenters. The van der Waals surface area contributed by atoms with Gasteiger partial charge in [0.1, 0.15) is 11.6 Å². The molecule has 3 rings (SSSR count). The Morgan fingerprint density at radius 3 is 2.65 bits per heavy atom. The largest absolute Gasteiger partial charge is 0.507 e. The maximum atomic E-state index is 10.0. The molecule has 0 aliphatic heterocycles. The Hall–Kier alpha value is -2.08. The molecular weight excluding hydrogens is 335 g/mol. The van der Waals surface area contributed by atoms with Crippen molar-refractivity contribution in [3.05, 3.63) is 46.4 Å². The van der Waals surface area contributed by atoms with E-state index in [2.05, 4.69) is 15.3 Å². The first-order valence-electron chi connectivity index (χ1n) is 6.99. The molecule has 5 nitrogen and oxygen atoms in total. The number of nitrogens with two attached hydrogens (primary N) is 1. The second-order valence-electron chi connectivity index (χ2n) is 4.91. The number of nitrogens with zero attached hydrogens (tertiary/aromatic N) is 2. The zero-order valence-corrected chi connectivity index (χ0v) is 13.6. The molecule has 0 bridgehead atoms. The van der Waals surface area contributed by atoms with E-state index in [0.717, 1.165) is 0 Å². The first kappa shape index (κ1) is 15.8. The van der Waals surface area contributed by atoms with E-state index in [-0.39, 0.29) is 5.75 Å². The van der Waals surface area contributed by atoms with Gasteiger partial charge in [-0.05, 0) is 24.3 Å².